The molecule has 3 aromatic rings. The van der Waals surface area contributed by atoms with Crippen molar-refractivity contribution in [3.05, 3.63) is 79.3 Å². The minimum absolute atomic E-state index is 0.427. The molecule has 1 aromatic heterocycles. The van der Waals surface area contributed by atoms with Crippen molar-refractivity contribution >= 4 is 0 Å². The molecule has 3 nitrogen and oxygen atoms in total. The van der Waals surface area contributed by atoms with Crippen LogP contribution in [0, 0.1) is 0 Å². The van der Waals surface area contributed by atoms with Gasteiger partial charge in [-0.05, 0) is 55.0 Å². The van der Waals surface area contributed by atoms with Gasteiger partial charge in [0.05, 0.1) is 18.1 Å². The predicted octanol–water partition coefficient (Wildman–Crippen LogP) is 6.84. The Hall–Kier alpha value is -3.01. The van der Waals surface area contributed by atoms with Crippen LogP contribution < -0.4 is 4.74 Å². The lowest BCUT2D eigenvalue weighted by Gasteiger charge is -2.12. The number of hydrogen-bond acceptors (Lipinski definition) is 3. The first-order valence-electron chi connectivity index (χ1n) is 10.5. The standard InChI is InChI=1S/C26H29FN2O/c1-3-17-30-26-18-23(13-14-24(26)25-19-28-15-16-29-25)22-11-9-21(10-12-22)8-6-4-5-7-20(2)27/h3,9-16,18-20H,1,4-8,17H2,2H3. The molecule has 0 radical (unpaired) electrons. The number of rotatable bonds is 11. The third-order valence-electron chi connectivity index (χ3n) is 5.03. The van der Waals surface area contributed by atoms with Gasteiger partial charge in [0.15, 0.2) is 0 Å². The third-order valence-corrected chi connectivity index (χ3v) is 5.03. The van der Waals surface area contributed by atoms with Crippen molar-refractivity contribution in [2.24, 2.45) is 0 Å². The van der Waals surface area contributed by atoms with Crippen molar-refractivity contribution < 1.29 is 9.13 Å². The zero-order valence-corrected chi connectivity index (χ0v) is 17.6. The van der Waals surface area contributed by atoms with E-state index in [1.54, 1.807) is 31.6 Å². The summed E-state index contributed by atoms with van der Waals surface area (Å²) in [7, 11) is 0. The van der Waals surface area contributed by atoms with Crippen LogP contribution in [0.3, 0.4) is 0 Å². The van der Waals surface area contributed by atoms with Crippen LogP contribution in [0.25, 0.3) is 22.4 Å². The van der Waals surface area contributed by atoms with E-state index in [0.29, 0.717) is 13.0 Å². The molecule has 156 valence electrons. The van der Waals surface area contributed by atoms with Crippen LogP contribution in [-0.2, 0) is 6.42 Å². The summed E-state index contributed by atoms with van der Waals surface area (Å²) in [4.78, 5) is 8.55. The fourth-order valence-electron chi connectivity index (χ4n) is 3.42. The van der Waals surface area contributed by atoms with E-state index in [2.05, 4.69) is 46.9 Å². The highest BCUT2D eigenvalue weighted by Crippen LogP contribution is 2.33. The van der Waals surface area contributed by atoms with Crippen molar-refractivity contribution in [1.82, 2.24) is 9.97 Å². The average molecular weight is 405 g/mol. The number of aryl methyl sites for hydroxylation is 1. The molecule has 4 heteroatoms. The van der Waals surface area contributed by atoms with Gasteiger partial charge in [-0.25, -0.2) is 4.39 Å². The predicted molar refractivity (Wildman–Crippen MR) is 121 cm³/mol. The Labute approximate surface area is 178 Å². The highest BCUT2D eigenvalue weighted by atomic mass is 19.1. The van der Waals surface area contributed by atoms with E-state index in [4.69, 9.17) is 4.74 Å². The monoisotopic (exact) mass is 404 g/mol. The molecule has 1 unspecified atom stereocenters. The minimum atomic E-state index is -0.690. The topological polar surface area (TPSA) is 35.0 Å². The van der Waals surface area contributed by atoms with Crippen LogP contribution in [0.5, 0.6) is 5.75 Å². The van der Waals surface area contributed by atoms with Crippen LogP contribution >= 0.6 is 0 Å². The lowest BCUT2D eigenvalue weighted by Crippen LogP contribution is -1.97. The van der Waals surface area contributed by atoms with Gasteiger partial charge in [-0.15, -0.1) is 0 Å². The first-order chi connectivity index (χ1) is 14.7. The summed E-state index contributed by atoms with van der Waals surface area (Å²) in [6, 6.07) is 14.8. The Bertz CT molecular complexity index is 924. The Morgan fingerprint density at radius 1 is 1.03 bits per heavy atom. The number of alkyl halides is 1. The van der Waals surface area contributed by atoms with Crippen LogP contribution in [0.1, 0.15) is 38.2 Å². The van der Waals surface area contributed by atoms with Crippen molar-refractivity contribution in [2.75, 3.05) is 6.61 Å². The lowest BCUT2D eigenvalue weighted by atomic mass is 9.99. The average Bonchev–Trinajstić information content (AvgIpc) is 2.78. The summed E-state index contributed by atoms with van der Waals surface area (Å²) < 4.78 is 18.8. The van der Waals surface area contributed by atoms with Crippen LogP contribution in [0.2, 0.25) is 0 Å². The molecule has 1 atom stereocenters. The van der Waals surface area contributed by atoms with Crippen LogP contribution in [0.15, 0.2) is 73.7 Å². The number of unbranched alkanes of at least 4 members (excludes halogenated alkanes) is 2. The van der Waals surface area contributed by atoms with Gasteiger partial charge in [-0.1, -0.05) is 55.8 Å². The molecule has 0 aliphatic rings. The molecule has 0 N–H and O–H groups in total. The molecule has 0 aliphatic heterocycles. The van der Waals surface area contributed by atoms with Gasteiger partial charge in [0.2, 0.25) is 0 Å². The second-order valence-corrected chi connectivity index (χ2v) is 7.48. The van der Waals surface area contributed by atoms with Crippen molar-refractivity contribution in [2.45, 2.75) is 45.2 Å². The first kappa shape index (κ1) is 21.7. The zero-order valence-electron chi connectivity index (χ0n) is 17.6. The first-order valence-corrected chi connectivity index (χ1v) is 10.5. The largest absolute Gasteiger partial charge is 0.489 e. The van der Waals surface area contributed by atoms with Gasteiger partial charge in [-0.3, -0.25) is 9.97 Å². The van der Waals surface area contributed by atoms with E-state index in [-0.39, 0.29) is 0 Å². The van der Waals surface area contributed by atoms with E-state index in [1.165, 1.54) is 5.56 Å². The van der Waals surface area contributed by atoms with Gasteiger partial charge >= 0.3 is 0 Å². The van der Waals surface area contributed by atoms with Crippen molar-refractivity contribution in [3.63, 3.8) is 0 Å². The van der Waals surface area contributed by atoms with Crippen LogP contribution in [-0.4, -0.2) is 22.7 Å². The van der Waals surface area contributed by atoms with E-state index < -0.39 is 6.17 Å². The van der Waals surface area contributed by atoms with Gasteiger partial charge < -0.3 is 4.74 Å². The number of hydrogen-bond donors (Lipinski definition) is 0. The van der Waals surface area contributed by atoms with E-state index in [1.807, 2.05) is 12.1 Å². The smallest absolute Gasteiger partial charge is 0.129 e. The molecular formula is C26H29FN2O. The van der Waals surface area contributed by atoms with Crippen molar-refractivity contribution in [3.8, 4) is 28.1 Å². The zero-order chi connectivity index (χ0) is 21.2. The van der Waals surface area contributed by atoms with Gasteiger partial charge in [0, 0.05) is 18.0 Å². The number of aromatic nitrogens is 2. The number of halogens is 1. The highest BCUT2D eigenvalue weighted by Gasteiger charge is 2.10. The van der Waals surface area contributed by atoms with Gasteiger partial charge in [-0.2, -0.15) is 0 Å². The minimum Gasteiger partial charge on any atom is -0.489 e. The Kier molecular flexibility index (Phi) is 8.13. The fraction of sp³-hybridized carbons (Fsp3) is 0.308. The molecule has 0 saturated heterocycles. The summed E-state index contributed by atoms with van der Waals surface area (Å²) in [5.74, 6) is 0.763. The SMILES string of the molecule is C=CCOc1cc(-c2ccc(CCCCCC(C)F)cc2)ccc1-c1cnccn1. The molecule has 2 aromatic carbocycles. The van der Waals surface area contributed by atoms with E-state index >= 15 is 0 Å². The molecule has 30 heavy (non-hydrogen) atoms. The Morgan fingerprint density at radius 2 is 1.83 bits per heavy atom. The maximum atomic E-state index is 12.9. The number of benzene rings is 2. The van der Waals surface area contributed by atoms with Gasteiger partial charge in [0.1, 0.15) is 12.4 Å². The molecule has 3 rings (SSSR count). The normalized spacial score (nSPS) is 11.8. The van der Waals surface area contributed by atoms with E-state index in [0.717, 1.165) is 53.8 Å². The maximum Gasteiger partial charge on any atom is 0.129 e. The Balaban J connectivity index is 1.71. The molecule has 0 bridgehead atoms. The highest BCUT2D eigenvalue weighted by molar-refractivity contribution is 5.74. The second-order valence-electron chi connectivity index (χ2n) is 7.48. The summed E-state index contributed by atoms with van der Waals surface area (Å²) in [5, 5.41) is 0. The Morgan fingerprint density at radius 3 is 2.53 bits per heavy atom. The van der Waals surface area contributed by atoms with Crippen LogP contribution in [0.4, 0.5) is 4.39 Å². The molecular weight excluding hydrogens is 375 g/mol. The van der Waals surface area contributed by atoms with E-state index in [9.17, 15) is 4.39 Å². The summed E-state index contributed by atoms with van der Waals surface area (Å²) >= 11 is 0. The van der Waals surface area contributed by atoms with Gasteiger partial charge in [0.25, 0.3) is 0 Å². The number of nitrogens with zero attached hydrogens (tertiary/aromatic N) is 2. The lowest BCUT2D eigenvalue weighted by molar-refractivity contribution is 0.330. The molecule has 0 aliphatic carbocycles. The molecule has 0 fully saturated rings. The summed E-state index contributed by atoms with van der Waals surface area (Å²) in [6.07, 6.45) is 10.9. The third kappa shape index (κ3) is 6.24. The fourth-order valence-corrected chi connectivity index (χ4v) is 3.42. The molecule has 0 amide bonds. The number of ether oxygens (including phenoxy) is 1. The second kappa shape index (κ2) is 11.2. The maximum absolute atomic E-state index is 12.9. The molecule has 0 spiro atoms. The molecule has 1 heterocycles. The summed E-state index contributed by atoms with van der Waals surface area (Å²) in [5.41, 5.74) is 5.23. The quantitative estimate of drug-likeness (QED) is 0.259. The summed E-state index contributed by atoms with van der Waals surface area (Å²) in [6.45, 7) is 5.80. The molecule has 0 saturated carbocycles. The van der Waals surface area contributed by atoms with Crippen molar-refractivity contribution in [1.29, 1.82) is 0 Å².